The van der Waals surface area contributed by atoms with E-state index in [1.165, 1.54) is 18.2 Å². The number of hydrogen-bond donors (Lipinski definition) is 5. The number of halogens is 3. The molecule has 0 saturated carbocycles. The minimum absolute atomic E-state index is 0.0199. The zero-order valence-corrected chi connectivity index (χ0v) is 26.0. The van der Waals surface area contributed by atoms with Gasteiger partial charge in [0.05, 0.1) is 38.5 Å². The van der Waals surface area contributed by atoms with E-state index in [1.54, 1.807) is 12.1 Å². The summed E-state index contributed by atoms with van der Waals surface area (Å²) in [4.78, 5) is 39.5. The van der Waals surface area contributed by atoms with Crippen LogP contribution in [0.5, 0.6) is 11.6 Å². The van der Waals surface area contributed by atoms with Crippen LogP contribution in [0.25, 0.3) is 0 Å². The van der Waals surface area contributed by atoms with Crippen LogP contribution in [0.1, 0.15) is 47.3 Å². The third kappa shape index (κ3) is 11.0. The molecule has 16 heteroatoms. The average Bonchev–Trinajstić information content (AvgIpc) is 3.58. The number of amides is 4. The van der Waals surface area contributed by atoms with Crippen LogP contribution < -0.4 is 31.7 Å². The van der Waals surface area contributed by atoms with E-state index in [-0.39, 0.29) is 66.5 Å². The van der Waals surface area contributed by atoms with Crippen molar-refractivity contribution >= 4 is 29.6 Å². The second kappa shape index (κ2) is 17.4. The summed E-state index contributed by atoms with van der Waals surface area (Å²) in [6, 6.07) is 8.45. The Hall–Kier alpha value is -3.60. The first-order valence-electron chi connectivity index (χ1n) is 15.1. The van der Waals surface area contributed by atoms with Crippen LogP contribution in [-0.2, 0) is 27.0 Å². The third-order valence-corrected chi connectivity index (χ3v) is 8.77. The Balaban J connectivity index is 1.01. The van der Waals surface area contributed by atoms with Gasteiger partial charge < -0.3 is 41.2 Å². The lowest BCUT2D eigenvalue weighted by Crippen LogP contribution is -2.36. The Morgan fingerprint density at radius 1 is 1.02 bits per heavy atom. The summed E-state index contributed by atoms with van der Waals surface area (Å²) in [5.41, 5.74) is 4.84. The number of aromatic nitrogens is 1. The fourth-order valence-electron chi connectivity index (χ4n) is 4.98. The Kier molecular flexibility index (Phi) is 13.3. The minimum Gasteiger partial charge on any atom is -0.439 e. The average molecular weight is 669 g/mol. The molecule has 4 amide bonds. The van der Waals surface area contributed by atoms with Gasteiger partial charge in [-0.2, -0.15) is 24.9 Å². The van der Waals surface area contributed by atoms with Gasteiger partial charge in [-0.3, -0.25) is 9.59 Å². The van der Waals surface area contributed by atoms with E-state index in [0.29, 0.717) is 38.0 Å². The Labute approximate surface area is 269 Å². The topological polar surface area (TPSA) is 166 Å². The first-order valence-corrected chi connectivity index (χ1v) is 16.1. The van der Waals surface area contributed by atoms with E-state index in [1.807, 2.05) is 11.8 Å². The van der Waals surface area contributed by atoms with Crippen LogP contribution in [0.3, 0.4) is 0 Å². The van der Waals surface area contributed by atoms with Crippen molar-refractivity contribution in [1.29, 1.82) is 0 Å². The first-order chi connectivity index (χ1) is 22.1. The molecule has 6 N–H and O–H groups in total. The summed E-state index contributed by atoms with van der Waals surface area (Å²) in [7, 11) is 0. The number of unbranched alkanes of at least 4 members (excludes halogenated alkanes) is 1. The number of fused-ring (bicyclic) bond motifs is 1. The van der Waals surface area contributed by atoms with Crippen molar-refractivity contribution in [3.8, 4) is 11.6 Å². The number of nitrogens with two attached hydrogens (primary N) is 1. The quantitative estimate of drug-likeness (QED) is 0.119. The molecule has 2 aliphatic rings. The smallest absolute Gasteiger partial charge is 0.433 e. The Bertz CT molecular complexity index is 1340. The highest BCUT2D eigenvalue weighted by Crippen LogP contribution is 2.33. The van der Waals surface area contributed by atoms with Crippen molar-refractivity contribution in [3.63, 3.8) is 0 Å². The first kappa shape index (κ1) is 35.3. The van der Waals surface area contributed by atoms with Crippen LogP contribution in [-0.4, -0.2) is 85.4 Å². The molecule has 252 valence electrons. The lowest BCUT2D eigenvalue weighted by atomic mass is 10.0. The molecule has 1 aromatic heterocycles. The van der Waals surface area contributed by atoms with E-state index in [2.05, 4.69) is 26.3 Å². The predicted octanol–water partition coefficient (Wildman–Crippen LogP) is 2.96. The third-order valence-electron chi connectivity index (χ3n) is 7.26. The second-order valence-corrected chi connectivity index (χ2v) is 12.0. The number of ether oxygens (including phenoxy) is 3. The van der Waals surface area contributed by atoms with Gasteiger partial charge in [0, 0.05) is 48.7 Å². The summed E-state index contributed by atoms with van der Waals surface area (Å²) in [5, 5.41) is 11.8. The van der Waals surface area contributed by atoms with Crippen molar-refractivity contribution < 1.29 is 41.8 Å². The Morgan fingerprint density at radius 3 is 2.52 bits per heavy atom. The van der Waals surface area contributed by atoms with Gasteiger partial charge in [0.2, 0.25) is 11.8 Å². The normalized spacial score (nSPS) is 18.9. The predicted molar refractivity (Wildman–Crippen MR) is 165 cm³/mol. The summed E-state index contributed by atoms with van der Waals surface area (Å²) >= 11 is 1.87. The summed E-state index contributed by atoms with van der Waals surface area (Å²) in [5.74, 6) is 0.355. The van der Waals surface area contributed by atoms with Crippen molar-refractivity contribution in [2.45, 2.75) is 55.7 Å². The monoisotopic (exact) mass is 668 g/mol. The lowest BCUT2D eigenvalue weighted by molar-refractivity contribution is -0.141. The van der Waals surface area contributed by atoms with Gasteiger partial charge in [-0.1, -0.05) is 12.5 Å². The fraction of sp³-hybridized carbons (Fsp3) is 0.533. The van der Waals surface area contributed by atoms with Gasteiger partial charge in [0.25, 0.3) is 5.91 Å². The zero-order chi connectivity index (χ0) is 32.9. The number of nitrogens with zero attached hydrogens (tertiary/aromatic N) is 1. The molecule has 3 heterocycles. The van der Waals surface area contributed by atoms with Crippen LogP contribution in [0.4, 0.5) is 18.0 Å². The molecule has 2 aliphatic heterocycles. The molecule has 4 rings (SSSR count). The standard InChI is InChI=1S/C30H39F3N6O6S/c31-30(32,33)24-14-19(17-34)15-26(38-24)45-21-5-3-4-20(16-21)28(41)36-9-11-44-13-12-43-10-8-35-25(40)7-2-1-6-23-27-22(18-46-23)37-29(42)39-27/h3-5,14-16,22-23,27H,1-2,6-13,17-18,34H2,(H,35,40)(H,36,41)(H2,37,39,42)/t22-,23-,27-/m0/s1. The maximum absolute atomic E-state index is 13.1. The van der Waals surface area contributed by atoms with Gasteiger partial charge in [0.1, 0.15) is 11.4 Å². The number of carbonyl (C=O) groups excluding carboxylic acids is 3. The fourth-order valence-corrected chi connectivity index (χ4v) is 6.53. The van der Waals surface area contributed by atoms with Gasteiger partial charge in [-0.05, 0) is 42.7 Å². The Morgan fingerprint density at radius 2 is 1.78 bits per heavy atom. The van der Waals surface area contributed by atoms with E-state index >= 15 is 0 Å². The van der Waals surface area contributed by atoms with Gasteiger partial charge in [0.15, 0.2) is 0 Å². The van der Waals surface area contributed by atoms with Crippen LogP contribution in [0.15, 0.2) is 36.4 Å². The van der Waals surface area contributed by atoms with E-state index in [0.717, 1.165) is 31.1 Å². The van der Waals surface area contributed by atoms with Crippen molar-refractivity contribution in [1.82, 2.24) is 26.3 Å². The number of urea groups is 1. The molecule has 2 saturated heterocycles. The van der Waals surface area contributed by atoms with Crippen LogP contribution in [0, 0.1) is 0 Å². The van der Waals surface area contributed by atoms with E-state index in [9.17, 15) is 27.6 Å². The molecule has 0 spiro atoms. The molecule has 0 radical (unpaired) electrons. The molecule has 2 aromatic rings. The van der Waals surface area contributed by atoms with E-state index in [4.69, 9.17) is 19.9 Å². The summed E-state index contributed by atoms with van der Waals surface area (Å²) in [6.45, 7) is 1.71. The maximum atomic E-state index is 13.1. The molecule has 3 atom stereocenters. The van der Waals surface area contributed by atoms with Gasteiger partial charge in [-0.25, -0.2) is 9.78 Å². The van der Waals surface area contributed by atoms with Gasteiger partial charge in [-0.15, -0.1) is 0 Å². The number of carbonyl (C=O) groups is 3. The van der Waals surface area contributed by atoms with Crippen LogP contribution >= 0.6 is 11.8 Å². The van der Waals surface area contributed by atoms with Crippen LogP contribution in [0.2, 0.25) is 0 Å². The minimum atomic E-state index is -4.66. The molecule has 46 heavy (non-hydrogen) atoms. The van der Waals surface area contributed by atoms with Gasteiger partial charge >= 0.3 is 12.2 Å². The maximum Gasteiger partial charge on any atom is 0.433 e. The SMILES string of the molecule is NCc1cc(Oc2cccc(C(=O)NCCOCCOCCNC(=O)CCCC[C@@H]3SC[C@@H]4NC(=O)N[C@@H]43)c2)nc(C(F)(F)F)c1. The molecule has 0 unspecified atom stereocenters. The van der Waals surface area contributed by atoms with Crippen molar-refractivity contribution in [2.24, 2.45) is 5.73 Å². The number of alkyl halides is 3. The lowest BCUT2D eigenvalue weighted by Gasteiger charge is -2.16. The molecule has 0 bridgehead atoms. The zero-order valence-electron chi connectivity index (χ0n) is 25.2. The molecular formula is C30H39F3N6O6S. The van der Waals surface area contributed by atoms with E-state index < -0.39 is 17.8 Å². The molecular weight excluding hydrogens is 629 g/mol. The van der Waals surface area contributed by atoms with Crippen molar-refractivity contribution in [2.75, 3.05) is 45.3 Å². The van der Waals surface area contributed by atoms with Crippen molar-refractivity contribution in [3.05, 3.63) is 53.2 Å². The molecule has 1 aromatic carbocycles. The number of nitrogens with one attached hydrogen (secondary N) is 4. The number of thioether (sulfide) groups is 1. The number of hydrogen-bond acceptors (Lipinski definition) is 9. The highest BCUT2D eigenvalue weighted by Gasteiger charge is 2.42. The number of benzene rings is 1. The number of rotatable bonds is 18. The highest BCUT2D eigenvalue weighted by molar-refractivity contribution is 8.00. The second-order valence-electron chi connectivity index (χ2n) is 10.7. The summed E-state index contributed by atoms with van der Waals surface area (Å²) in [6.07, 6.45) is -1.52. The summed E-state index contributed by atoms with van der Waals surface area (Å²) < 4.78 is 55.8. The highest BCUT2D eigenvalue weighted by atomic mass is 32.2. The molecule has 12 nitrogen and oxygen atoms in total. The largest absolute Gasteiger partial charge is 0.439 e. The number of pyridine rings is 1. The molecule has 0 aliphatic carbocycles. The molecule has 2 fully saturated rings.